The van der Waals surface area contributed by atoms with E-state index in [4.69, 9.17) is 33.2 Å². The third-order valence-electron chi connectivity index (χ3n) is 4.37. The monoisotopic (exact) mass is 468 g/mol. The molecule has 1 aliphatic rings. The number of hydrogen-bond acceptors (Lipinski definition) is 12. The van der Waals surface area contributed by atoms with E-state index in [0.29, 0.717) is 0 Å². The van der Waals surface area contributed by atoms with Gasteiger partial charge >= 0.3 is 29.8 Å². The number of rotatable bonds is 7. The van der Waals surface area contributed by atoms with Crippen molar-refractivity contribution in [3.8, 4) is 5.75 Å². The van der Waals surface area contributed by atoms with Crippen molar-refractivity contribution in [3.63, 3.8) is 0 Å². The van der Waals surface area contributed by atoms with Gasteiger partial charge in [-0.1, -0.05) is 12.1 Å². The molecule has 12 heteroatoms. The first-order valence-corrected chi connectivity index (χ1v) is 9.68. The Balaban J connectivity index is 2.56. The Bertz CT molecular complexity index is 910. The maximum absolute atomic E-state index is 12.4. The Hall–Kier alpha value is -3.67. The van der Waals surface area contributed by atoms with E-state index in [1.165, 1.54) is 19.2 Å². The van der Waals surface area contributed by atoms with Crippen LogP contribution in [0.5, 0.6) is 5.75 Å². The van der Waals surface area contributed by atoms with E-state index in [-0.39, 0.29) is 11.3 Å². The zero-order valence-corrected chi connectivity index (χ0v) is 18.6. The molecule has 1 heterocycles. The van der Waals surface area contributed by atoms with Gasteiger partial charge in [0.05, 0.1) is 14.2 Å². The van der Waals surface area contributed by atoms with Gasteiger partial charge < -0.3 is 33.2 Å². The van der Waals surface area contributed by atoms with Crippen LogP contribution in [0.25, 0.3) is 0 Å². The highest BCUT2D eigenvalue weighted by atomic mass is 16.7. The molecule has 180 valence electrons. The number of carbonyl (C=O) groups excluding carboxylic acids is 5. The standard InChI is InChI=1S/C21H24O12/c1-10(22)29-15-16(30-11(2)23)18(31-12(3)24)21(33-17(15)20(26)28-5)32-14-9-7-6-8-13(14)19(25)27-4/h6-9,15-18,21H,1-5H3/t15-,16?,17?,18?,21-/m1/s1. The van der Waals surface area contributed by atoms with Gasteiger partial charge in [-0.3, -0.25) is 14.4 Å². The van der Waals surface area contributed by atoms with Crippen LogP contribution in [-0.2, 0) is 47.6 Å². The SMILES string of the molecule is COC(=O)c1ccccc1O[C@@H]1OC(C(=O)OC)[C@H](OC(C)=O)C(OC(C)=O)C1OC(C)=O. The number of methoxy groups -OCH3 is 2. The lowest BCUT2D eigenvalue weighted by Crippen LogP contribution is -2.64. The molecule has 0 bridgehead atoms. The Labute approximate surface area is 189 Å². The molecule has 3 unspecified atom stereocenters. The zero-order chi connectivity index (χ0) is 24.7. The molecule has 5 atom stereocenters. The lowest BCUT2D eigenvalue weighted by Gasteiger charge is -2.43. The van der Waals surface area contributed by atoms with Crippen molar-refractivity contribution in [3.05, 3.63) is 29.8 Å². The first kappa shape index (κ1) is 25.6. The van der Waals surface area contributed by atoms with Crippen LogP contribution in [0.3, 0.4) is 0 Å². The minimum atomic E-state index is -1.62. The number of hydrogen-bond donors (Lipinski definition) is 0. The van der Waals surface area contributed by atoms with Gasteiger partial charge in [-0.05, 0) is 12.1 Å². The number of esters is 5. The van der Waals surface area contributed by atoms with Gasteiger partial charge in [-0.15, -0.1) is 0 Å². The van der Waals surface area contributed by atoms with E-state index < -0.39 is 60.6 Å². The van der Waals surface area contributed by atoms with Gasteiger partial charge in [-0.25, -0.2) is 9.59 Å². The lowest BCUT2D eigenvalue weighted by molar-refractivity contribution is -0.282. The fraction of sp³-hybridized carbons (Fsp3) is 0.476. The third-order valence-corrected chi connectivity index (χ3v) is 4.37. The van der Waals surface area contributed by atoms with Crippen LogP contribution in [0.2, 0.25) is 0 Å². The highest BCUT2D eigenvalue weighted by molar-refractivity contribution is 5.92. The van der Waals surface area contributed by atoms with E-state index in [9.17, 15) is 24.0 Å². The molecular weight excluding hydrogens is 444 g/mol. The molecule has 1 aromatic rings. The average Bonchev–Trinajstić information content (AvgIpc) is 2.75. The molecule has 0 aromatic heterocycles. The van der Waals surface area contributed by atoms with Gasteiger partial charge in [-0.2, -0.15) is 0 Å². The molecule has 2 rings (SSSR count). The summed E-state index contributed by atoms with van der Waals surface area (Å²) in [6.45, 7) is 3.22. The second-order valence-electron chi connectivity index (χ2n) is 6.78. The number of carbonyl (C=O) groups is 5. The van der Waals surface area contributed by atoms with Gasteiger partial charge in [0.25, 0.3) is 0 Å². The molecule has 1 aliphatic heterocycles. The highest BCUT2D eigenvalue weighted by Gasteiger charge is 2.56. The second kappa shape index (κ2) is 11.3. The largest absolute Gasteiger partial charge is 0.467 e. The summed E-state index contributed by atoms with van der Waals surface area (Å²) < 4.78 is 36.6. The van der Waals surface area contributed by atoms with Crippen LogP contribution in [-0.4, -0.2) is 74.8 Å². The Morgan fingerprint density at radius 2 is 1.30 bits per heavy atom. The first-order chi connectivity index (χ1) is 15.6. The van der Waals surface area contributed by atoms with E-state index in [2.05, 4.69) is 0 Å². The quantitative estimate of drug-likeness (QED) is 0.406. The zero-order valence-electron chi connectivity index (χ0n) is 18.6. The molecule has 1 saturated heterocycles. The molecule has 1 fully saturated rings. The third kappa shape index (κ3) is 6.42. The summed E-state index contributed by atoms with van der Waals surface area (Å²) in [5, 5.41) is 0. The van der Waals surface area contributed by atoms with Crippen molar-refractivity contribution < 1.29 is 57.1 Å². The summed E-state index contributed by atoms with van der Waals surface area (Å²) in [5.74, 6) is -4.21. The van der Waals surface area contributed by atoms with Crippen LogP contribution < -0.4 is 4.74 Å². The molecule has 0 radical (unpaired) electrons. The molecule has 1 aromatic carbocycles. The predicted molar refractivity (Wildman–Crippen MR) is 106 cm³/mol. The highest BCUT2D eigenvalue weighted by Crippen LogP contribution is 2.32. The second-order valence-corrected chi connectivity index (χ2v) is 6.78. The van der Waals surface area contributed by atoms with Crippen molar-refractivity contribution in [2.45, 2.75) is 51.5 Å². The number of para-hydroxylation sites is 1. The van der Waals surface area contributed by atoms with Crippen LogP contribution in [0.4, 0.5) is 0 Å². The lowest BCUT2D eigenvalue weighted by atomic mass is 9.97. The van der Waals surface area contributed by atoms with E-state index in [1.807, 2.05) is 0 Å². The van der Waals surface area contributed by atoms with Crippen molar-refractivity contribution in [2.24, 2.45) is 0 Å². The Morgan fingerprint density at radius 1 is 0.758 bits per heavy atom. The minimum Gasteiger partial charge on any atom is -0.467 e. The fourth-order valence-electron chi connectivity index (χ4n) is 3.15. The summed E-state index contributed by atoms with van der Waals surface area (Å²) in [5.41, 5.74) is 0.00550. The Morgan fingerprint density at radius 3 is 1.85 bits per heavy atom. The van der Waals surface area contributed by atoms with Crippen molar-refractivity contribution in [2.75, 3.05) is 14.2 Å². The van der Waals surface area contributed by atoms with Gasteiger partial charge in [0.2, 0.25) is 12.4 Å². The molecule has 0 N–H and O–H groups in total. The first-order valence-electron chi connectivity index (χ1n) is 9.68. The van der Waals surface area contributed by atoms with Crippen LogP contribution >= 0.6 is 0 Å². The smallest absolute Gasteiger partial charge is 0.341 e. The summed E-state index contributed by atoms with van der Waals surface area (Å²) in [4.78, 5) is 59.8. The minimum absolute atomic E-state index is 0.00550. The molecule has 0 spiro atoms. The molecule has 0 aliphatic carbocycles. The van der Waals surface area contributed by atoms with E-state index in [0.717, 1.165) is 27.9 Å². The molecule has 0 amide bonds. The van der Waals surface area contributed by atoms with Crippen molar-refractivity contribution in [1.82, 2.24) is 0 Å². The molecule has 33 heavy (non-hydrogen) atoms. The van der Waals surface area contributed by atoms with Gasteiger partial charge in [0, 0.05) is 20.8 Å². The van der Waals surface area contributed by atoms with Crippen molar-refractivity contribution >= 4 is 29.8 Å². The van der Waals surface area contributed by atoms with E-state index >= 15 is 0 Å². The average molecular weight is 468 g/mol. The molecule has 0 saturated carbocycles. The maximum atomic E-state index is 12.4. The number of ether oxygens (including phenoxy) is 7. The summed E-state index contributed by atoms with van der Waals surface area (Å²) in [6, 6.07) is 5.93. The van der Waals surface area contributed by atoms with E-state index in [1.54, 1.807) is 12.1 Å². The normalized spacial score (nSPS) is 24.1. The van der Waals surface area contributed by atoms with Crippen LogP contribution in [0, 0.1) is 0 Å². The summed E-state index contributed by atoms with van der Waals surface area (Å²) in [6.07, 6.45) is -7.74. The topological polar surface area (TPSA) is 150 Å². The summed E-state index contributed by atoms with van der Waals surface area (Å²) >= 11 is 0. The Kier molecular flexibility index (Phi) is 8.74. The van der Waals surface area contributed by atoms with Crippen LogP contribution in [0.1, 0.15) is 31.1 Å². The fourth-order valence-corrected chi connectivity index (χ4v) is 3.15. The van der Waals surface area contributed by atoms with Crippen LogP contribution in [0.15, 0.2) is 24.3 Å². The maximum Gasteiger partial charge on any atom is 0.341 e. The molecular formula is C21H24O12. The van der Waals surface area contributed by atoms with Crippen molar-refractivity contribution in [1.29, 1.82) is 0 Å². The number of benzene rings is 1. The molecule has 12 nitrogen and oxygen atoms in total. The van der Waals surface area contributed by atoms with Gasteiger partial charge in [0.1, 0.15) is 11.3 Å². The summed E-state index contributed by atoms with van der Waals surface area (Å²) in [7, 11) is 2.24. The van der Waals surface area contributed by atoms with Gasteiger partial charge in [0.15, 0.2) is 18.3 Å². The predicted octanol–water partition coefficient (Wildman–Crippen LogP) is 0.545.